The van der Waals surface area contributed by atoms with Gasteiger partial charge in [-0.05, 0) is 37.2 Å². The van der Waals surface area contributed by atoms with Crippen LogP contribution in [0.3, 0.4) is 0 Å². The van der Waals surface area contributed by atoms with Crippen molar-refractivity contribution in [2.45, 2.75) is 38.3 Å². The molecule has 1 heterocycles. The number of amides is 2. The summed E-state index contributed by atoms with van der Waals surface area (Å²) in [7, 11) is 0. The van der Waals surface area contributed by atoms with Gasteiger partial charge in [-0.3, -0.25) is 4.79 Å². The summed E-state index contributed by atoms with van der Waals surface area (Å²) in [4.78, 5) is 28.1. The highest BCUT2D eigenvalue weighted by atomic mass is 16.6. The van der Waals surface area contributed by atoms with Gasteiger partial charge < -0.3 is 20.3 Å². The zero-order chi connectivity index (χ0) is 17.6. The van der Waals surface area contributed by atoms with Gasteiger partial charge in [0, 0.05) is 25.7 Å². The van der Waals surface area contributed by atoms with Gasteiger partial charge >= 0.3 is 6.09 Å². The summed E-state index contributed by atoms with van der Waals surface area (Å²) >= 11 is 0. The number of nitrogens with two attached hydrogens (primary N) is 1. The molecule has 1 atom stereocenters. The molecule has 2 N–H and O–H groups in total. The minimum Gasteiger partial charge on any atom is -0.445 e. The van der Waals surface area contributed by atoms with E-state index < -0.39 is 0 Å². The maximum absolute atomic E-state index is 12.5. The Morgan fingerprint density at radius 2 is 1.96 bits per heavy atom. The van der Waals surface area contributed by atoms with E-state index in [2.05, 4.69) is 0 Å². The average molecular weight is 345 g/mol. The molecule has 0 bridgehead atoms. The number of benzene rings is 1. The Bertz CT molecular complexity index is 589. The van der Waals surface area contributed by atoms with E-state index in [1.165, 1.54) is 0 Å². The Kier molecular flexibility index (Phi) is 5.91. The van der Waals surface area contributed by atoms with Crippen LogP contribution in [0.15, 0.2) is 30.3 Å². The number of rotatable bonds is 6. The predicted octanol–water partition coefficient (Wildman–Crippen LogP) is 1.98. The average Bonchev–Trinajstić information content (AvgIpc) is 3.49. The molecule has 25 heavy (non-hydrogen) atoms. The SMILES string of the molecule is NCC(=O)N1CCC[C@H](CN(C(=O)OCc2ccccc2)C2CC2)C1. The van der Waals surface area contributed by atoms with E-state index >= 15 is 0 Å². The van der Waals surface area contributed by atoms with Gasteiger partial charge in [-0.25, -0.2) is 4.79 Å². The molecule has 2 aliphatic rings. The second kappa shape index (κ2) is 8.34. The van der Waals surface area contributed by atoms with Crippen molar-refractivity contribution >= 4 is 12.0 Å². The Hall–Kier alpha value is -2.08. The van der Waals surface area contributed by atoms with Crippen molar-refractivity contribution in [2.24, 2.45) is 11.7 Å². The van der Waals surface area contributed by atoms with Gasteiger partial charge in [0.05, 0.1) is 6.54 Å². The first kappa shape index (κ1) is 17.7. The van der Waals surface area contributed by atoms with E-state index in [-0.39, 0.29) is 18.5 Å². The summed E-state index contributed by atoms with van der Waals surface area (Å²) < 4.78 is 5.51. The fourth-order valence-electron chi connectivity index (χ4n) is 3.41. The first-order valence-electron chi connectivity index (χ1n) is 9.12. The largest absolute Gasteiger partial charge is 0.445 e. The lowest BCUT2D eigenvalue weighted by molar-refractivity contribution is -0.131. The highest BCUT2D eigenvalue weighted by molar-refractivity contribution is 5.78. The fraction of sp³-hybridized carbons (Fsp3) is 0.579. The van der Waals surface area contributed by atoms with Gasteiger partial charge in [0.1, 0.15) is 6.61 Å². The number of carbonyl (C=O) groups excluding carboxylic acids is 2. The molecule has 1 saturated carbocycles. The number of carbonyl (C=O) groups is 2. The molecule has 0 radical (unpaired) electrons. The maximum Gasteiger partial charge on any atom is 0.410 e. The van der Waals surface area contributed by atoms with E-state index in [0.717, 1.165) is 37.8 Å². The molecule has 1 aromatic carbocycles. The number of ether oxygens (including phenoxy) is 1. The van der Waals surface area contributed by atoms with E-state index in [9.17, 15) is 9.59 Å². The van der Waals surface area contributed by atoms with Crippen LogP contribution in [0, 0.1) is 5.92 Å². The van der Waals surface area contributed by atoms with Crippen molar-refractivity contribution in [1.82, 2.24) is 9.80 Å². The molecule has 0 spiro atoms. The third-order valence-electron chi connectivity index (χ3n) is 4.93. The van der Waals surface area contributed by atoms with Gasteiger partial charge in [0.15, 0.2) is 0 Å². The molecular weight excluding hydrogens is 318 g/mol. The van der Waals surface area contributed by atoms with Crippen LogP contribution >= 0.6 is 0 Å². The van der Waals surface area contributed by atoms with Gasteiger partial charge in [0.2, 0.25) is 5.91 Å². The fourth-order valence-corrected chi connectivity index (χ4v) is 3.41. The van der Waals surface area contributed by atoms with Crippen LogP contribution in [0.25, 0.3) is 0 Å². The maximum atomic E-state index is 12.5. The second-order valence-electron chi connectivity index (χ2n) is 6.98. The molecule has 3 rings (SSSR count). The van der Waals surface area contributed by atoms with Gasteiger partial charge in [-0.1, -0.05) is 30.3 Å². The molecule has 1 aromatic rings. The molecule has 1 aliphatic heterocycles. The van der Waals surface area contributed by atoms with Crippen molar-refractivity contribution in [3.05, 3.63) is 35.9 Å². The second-order valence-corrected chi connectivity index (χ2v) is 6.98. The monoisotopic (exact) mass is 345 g/mol. The highest BCUT2D eigenvalue weighted by Gasteiger charge is 2.36. The number of nitrogens with zero attached hydrogens (tertiary/aromatic N) is 2. The first-order chi connectivity index (χ1) is 12.2. The zero-order valence-corrected chi connectivity index (χ0v) is 14.6. The Labute approximate surface area is 148 Å². The third-order valence-corrected chi connectivity index (χ3v) is 4.93. The van der Waals surface area contributed by atoms with Crippen molar-refractivity contribution in [3.63, 3.8) is 0 Å². The van der Waals surface area contributed by atoms with E-state index in [1.54, 1.807) is 0 Å². The minimum atomic E-state index is -0.242. The number of likely N-dealkylation sites (tertiary alicyclic amines) is 1. The Morgan fingerprint density at radius 3 is 2.64 bits per heavy atom. The van der Waals surface area contributed by atoms with Crippen LogP contribution < -0.4 is 5.73 Å². The molecule has 2 amide bonds. The highest BCUT2D eigenvalue weighted by Crippen LogP contribution is 2.30. The van der Waals surface area contributed by atoms with E-state index in [1.807, 2.05) is 40.1 Å². The van der Waals surface area contributed by atoms with Crippen LogP contribution in [0.2, 0.25) is 0 Å². The molecule has 0 aromatic heterocycles. The molecule has 1 aliphatic carbocycles. The standard InChI is InChI=1S/C19H27N3O3/c20-11-18(23)21-10-4-7-16(12-21)13-22(17-8-9-17)19(24)25-14-15-5-2-1-3-6-15/h1-3,5-6,16-17H,4,7-14,20H2/t16-/m0/s1. The molecule has 2 fully saturated rings. The predicted molar refractivity (Wildman–Crippen MR) is 94.7 cm³/mol. The van der Waals surface area contributed by atoms with Crippen LogP contribution in [0.4, 0.5) is 4.79 Å². The topological polar surface area (TPSA) is 75.9 Å². The van der Waals surface area contributed by atoms with E-state index in [0.29, 0.717) is 31.7 Å². The summed E-state index contributed by atoms with van der Waals surface area (Å²) in [6.45, 7) is 2.47. The summed E-state index contributed by atoms with van der Waals surface area (Å²) in [5.41, 5.74) is 6.46. The molecular formula is C19H27N3O3. The number of piperidine rings is 1. The van der Waals surface area contributed by atoms with Crippen molar-refractivity contribution in [1.29, 1.82) is 0 Å². The van der Waals surface area contributed by atoms with Crippen LogP contribution in [0.5, 0.6) is 0 Å². The minimum absolute atomic E-state index is 0.00525. The molecule has 6 heteroatoms. The Morgan fingerprint density at radius 1 is 1.20 bits per heavy atom. The lowest BCUT2D eigenvalue weighted by atomic mass is 9.97. The van der Waals surface area contributed by atoms with Crippen molar-refractivity contribution < 1.29 is 14.3 Å². The van der Waals surface area contributed by atoms with Gasteiger partial charge in [-0.15, -0.1) is 0 Å². The smallest absolute Gasteiger partial charge is 0.410 e. The molecule has 6 nitrogen and oxygen atoms in total. The van der Waals surface area contributed by atoms with Crippen LogP contribution in [-0.4, -0.2) is 54.0 Å². The number of hydrogen-bond donors (Lipinski definition) is 1. The first-order valence-corrected chi connectivity index (χ1v) is 9.12. The number of hydrogen-bond acceptors (Lipinski definition) is 4. The summed E-state index contributed by atoms with van der Waals surface area (Å²) in [6.07, 6.45) is 3.84. The normalized spacial score (nSPS) is 20.2. The van der Waals surface area contributed by atoms with E-state index in [4.69, 9.17) is 10.5 Å². The molecule has 1 saturated heterocycles. The van der Waals surface area contributed by atoms with Crippen LogP contribution in [-0.2, 0) is 16.1 Å². The summed E-state index contributed by atoms with van der Waals surface area (Å²) in [6, 6.07) is 10.0. The zero-order valence-electron chi connectivity index (χ0n) is 14.6. The Balaban J connectivity index is 1.54. The lowest BCUT2D eigenvalue weighted by Gasteiger charge is -2.35. The van der Waals surface area contributed by atoms with Crippen molar-refractivity contribution in [2.75, 3.05) is 26.2 Å². The van der Waals surface area contributed by atoms with Gasteiger partial charge in [-0.2, -0.15) is 0 Å². The lowest BCUT2D eigenvalue weighted by Crippen LogP contribution is -2.47. The van der Waals surface area contributed by atoms with Crippen molar-refractivity contribution in [3.8, 4) is 0 Å². The third kappa shape index (κ3) is 4.95. The summed E-state index contributed by atoms with van der Waals surface area (Å²) in [5.74, 6) is 0.295. The summed E-state index contributed by atoms with van der Waals surface area (Å²) in [5, 5.41) is 0. The van der Waals surface area contributed by atoms with Crippen LogP contribution in [0.1, 0.15) is 31.2 Å². The quantitative estimate of drug-likeness (QED) is 0.855. The molecule has 0 unspecified atom stereocenters. The molecule has 136 valence electrons. The van der Waals surface area contributed by atoms with Gasteiger partial charge in [0.25, 0.3) is 0 Å².